The zero-order valence-electron chi connectivity index (χ0n) is 14.9. The fourth-order valence-corrected chi connectivity index (χ4v) is 4.76. The zero-order chi connectivity index (χ0) is 21.8. The predicted octanol–water partition coefficient (Wildman–Crippen LogP) is 3.78. The topological polar surface area (TPSA) is 101 Å². The highest BCUT2D eigenvalue weighted by molar-refractivity contribution is 8.01. The average molecular weight is 475 g/mol. The zero-order valence-corrected chi connectivity index (χ0v) is 17.3. The highest BCUT2D eigenvalue weighted by Crippen LogP contribution is 2.29. The van der Waals surface area contributed by atoms with Gasteiger partial charge >= 0.3 is 6.18 Å². The molecule has 0 unspecified atom stereocenters. The number of carbonyl (C=O) groups is 1. The maximum Gasteiger partial charge on any atom is 0.405 e. The standard InChI is InChI=1S/C17H13F3N4O3S3/c18-17(19,20)9-21-15(25)11-2-1-3-14(8-11)30(26,27)24-12-4-6-13(7-5-12)29-16-23-22-10-28-16/h1-8,10,24H,9H2,(H,21,25). The van der Waals surface area contributed by atoms with E-state index in [1.165, 1.54) is 41.3 Å². The van der Waals surface area contributed by atoms with Gasteiger partial charge in [-0.1, -0.05) is 29.2 Å². The first-order valence-electron chi connectivity index (χ1n) is 8.14. The molecule has 3 rings (SSSR count). The molecular weight excluding hydrogens is 461 g/mol. The molecule has 1 aromatic heterocycles. The second kappa shape index (κ2) is 9.02. The number of amides is 1. The Morgan fingerprint density at radius 3 is 2.50 bits per heavy atom. The van der Waals surface area contributed by atoms with Gasteiger partial charge in [-0.3, -0.25) is 9.52 Å². The first kappa shape index (κ1) is 22.1. The molecular formula is C17H13F3N4O3S3. The van der Waals surface area contributed by atoms with E-state index in [0.29, 0.717) is 0 Å². The number of benzene rings is 2. The lowest BCUT2D eigenvalue weighted by Crippen LogP contribution is -2.33. The highest BCUT2D eigenvalue weighted by Gasteiger charge is 2.28. The van der Waals surface area contributed by atoms with Crippen LogP contribution < -0.4 is 10.0 Å². The van der Waals surface area contributed by atoms with E-state index < -0.39 is 28.7 Å². The largest absolute Gasteiger partial charge is 0.405 e. The summed E-state index contributed by atoms with van der Waals surface area (Å²) >= 11 is 2.74. The van der Waals surface area contributed by atoms with Gasteiger partial charge < -0.3 is 5.32 Å². The van der Waals surface area contributed by atoms with Crippen LogP contribution in [0, 0.1) is 0 Å². The van der Waals surface area contributed by atoms with E-state index >= 15 is 0 Å². The molecule has 0 radical (unpaired) electrons. The van der Waals surface area contributed by atoms with Gasteiger partial charge in [0.25, 0.3) is 15.9 Å². The van der Waals surface area contributed by atoms with Gasteiger partial charge in [-0.05, 0) is 42.5 Å². The summed E-state index contributed by atoms with van der Waals surface area (Å²) in [5.41, 5.74) is 1.68. The Kier molecular flexibility index (Phi) is 6.63. The van der Waals surface area contributed by atoms with Crippen LogP contribution in [0.1, 0.15) is 10.4 Å². The average Bonchev–Trinajstić information content (AvgIpc) is 3.20. The molecule has 0 aliphatic heterocycles. The third-order valence-corrected chi connectivity index (χ3v) is 6.67. The number of hydrogen-bond donors (Lipinski definition) is 2. The monoisotopic (exact) mass is 474 g/mol. The van der Waals surface area contributed by atoms with Crippen molar-refractivity contribution in [1.29, 1.82) is 0 Å². The quantitative estimate of drug-likeness (QED) is 0.541. The summed E-state index contributed by atoms with van der Waals surface area (Å²) in [6, 6.07) is 11.3. The summed E-state index contributed by atoms with van der Waals surface area (Å²) < 4.78 is 65.0. The van der Waals surface area contributed by atoms with Crippen LogP contribution in [0.4, 0.5) is 18.9 Å². The lowest BCUT2D eigenvalue weighted by molar-refractivity contribution is -0.123. The molecule has 0 fully saturated rings. The fraction of sp³-hybridized carbons (Fsp3) is 0.118. The smallest absolute Gasteiger partial charge is 0.343 e. The van der Waals surface area contributed by atoms with Gasteiger partial charge in [0.1, 0.15) is 12.1 Å². The van der Waals surface area contributed by atoms with Crippen molar-refractivity contribution in [3.05, 3.63) is 59.6 Å². The van der Waals surface area contributed by atoms with Crippen molar-refractivity contribution in [2.75, 3.05) is 11.3 Å². The van der Waals surface area contributed by atoms with E-state index in [4.69, 9.17) is 0 Å². The van der Waals surface area contributed by atoms with Crippen LogP contribution in [0.15, 0.2) is 68.2 Å². The van der Waals surface area contributed by atoms with Crippen LogP contribution in [-0.2, 0) is 10.0 Å². The molecule has 30 heavy (non-hydrogen) atoms. The number of alkyl halides is 3. The van der Waals surface area contributed by atoms with E-state index in [9.17, 15) is 26.4 Å². The Balaban J connectivity index is 1.70. The van der Waals surface area contributed by atoms with Gasteiger partial charge in [0.2, 0.25) is 0 Å². The van der Waals surface area contributed by atoms with Crippen LogP contribution >= 0.6 is 23.1 Å². The van der Waals surface area contributed by atoms with E-state index in [1.54, 1.807) is 35.1 Å². The minimum Gasteiger partial charge on any atom is -0.343 e. The number of hydrogen-bond acceptors (Lipinski definition) is 7. The number of nitrogens with zero attached hydrogens (tertiary/aromatic N) is 2. The van der Waals surface area contributed by atoms with Gasteiger partial charge in [0.15, 0.2) is 4.34 Å². The summed E-state index contributed by atoms with van der Waals surface area (Å²) in [6.07, 6.45) is -4.57. The summed E-state index contributed by atoms with van der Waals surface area (Å²) in [7, 11) is -4.05. The molecule has 0 bridgehead atoms. The molecule has 1 heterocycles. The van der Waals surface area contributed by atoms with Crippen molar-refractivity contribution < 1.29 is 26.4 Å². The van der Waals surface area contributed by atoms with E-state index in [-0.39, 0.29) is 16.1 Å². The number of rotatable bonds is 7. The van der Waals surface area contributed by atoms with E-state index in [0.717, 1.165) is 15.3 Å². The van der Waals surface area contributed by atoms with Crippen LogP contribution in [0.5, 0.6) is 0 Å². The summed E-state index contributed by atoms with van der Waals surface area (Å²) in [5, 5.41) is 9.34. The van der Waals surface area contributed by atoms with Gasteiger partial charge in [-0.2, -0.15) is 13.2 Å². The van der Waals surface area contributed by atoms with Gasteiger partial charge in [-0.15, -0.1) is 10.2 Å². The molecule has 7 nitrogen and oxygen atoms in total. The van der Waals surface area contributed by atoms with Crippen LogP contribution in [-0.4, -0.2) is 37.2 Å². The second-order valence-electron chi connectivity index (χ2n) is 5.76. The van der Waals surface area contributed by atoms with Gasteiger partial charge in [-0.25, -0.2) is 8.42 Å². The molecule has 3 aromatic rings. The lowest BCUT2D eigenvalue weighted by Gasteiger charge is -2.11. The van der Waals surface area contributed by atoms with Crippen molar-refractivity contribution in [3.63, 3.8) is 0 Å². The lowest BCUT2D eigenvalue weighted by atomic mass is 10.2. The van der Waals surface area contributed by atoms with Crippen molar-refractivity contribution in [2.24, 2.45) is 0 Å². The third kappa shape index (κ3) is 6.18. The number of halogens is 3. The molecule has 0 saturated carbocycles. The molecule has 0 spiro atoms. The number of nitrogens with one attached hydrogen (secondary N) is 2. The minimum atomic E-state index is -4.57. The second-order valence-corrected chi connectivity index (χ2v) is 9.60. The first-order valence-corrected chi connectivity index (χ1v) is 11.3. The Hall–Kier alpha value is -2.64. The first-order chi connectivity index (χ1) is 14.1. The van der Waals surface area contributed by atoms with E-state index in [2.05, 4.69) is 14.9 Å². The Morgan fingerprint density at radius 1 is 1.13 bits per heavy atom. The van der Waals surface area contributed by atoms with E-state index in [1.807, 2.05) is 0 Å². The maximum absolute atomic E-state index is 12.6. The molecule has 2 N–H and O–H groups in total. The number of aromatic nitrogens is 2. The summed E-state index contributed by atoms with van der Waals surface area (Å²) in [5.74, 6) is -1.03. The molecule has 0 aliphatic carbocycles. The molecule has 158 valence electrons. The third-order valence-electron chi connectivity index (χ3n) is 3.51. The van der Waals surface area contributed by atoms with Crippen LogP contribution in [0.25, 0.3) is 0 Å². The maximum atomic E-state index is 12.6. The van der Waals surface area contributed by atoms with Crippen molar-refractivity contribution >= 4 is 44.7 Å². The molecule has 0 atom stereocenters. The minimum absolute atomic E-state index is 0.203. The molecule has 0 saturated heterocycles. The number of sulfonamides is 1. The SMILES string of the molecule is O=C(NCC(F)(F)F)c1cccc(S(=O)(=O)Nc2ccc(Sc3nncs3)cc2)c1. The van der Waals surface area contributed by atoms with Crippen LogP contribution in [0.2, 0.25) is 0 Å². The van der Waals surface area contributed by atoms with Crippen molar-refractivity contribution in [1.82, 2.24) is 15.5 Å². The Labute approximate surface area is 177 Å². The summed E-state index contributed by atoms with van der Waals surface area (Å²) in [6.45, 7) is -1.51. The molecule has 1 amide bonds. The molecule has 2 aromatic carbocycles. The van der Waals surface area contributed by atoms with Crippen LogP contribution in [0.3, 0.4) is 0 Å². The highest BCUT2D eigenvalue weighted by atomic mass is 32.2. The normalized spacial score (nSPS) is 11.8. The van der Waals surface area contributed by atoms with Gasteiger partial charge in [0, 0.05) is 16.1 Å². The molecule has 13 heteroatoms. The van der Waals surface area contributed by atoms with Crippen molar-refractivity contribution in [2.45, 2.75) is 20.3 Å². The summed E-state index contributed by atoms with van der Waals surface area (Å²) in [4.78, 5) is 12.4. The number of carbonyl (C=O) groups excluding carboxylic acids is 1. The Morgan fingerprint density at radius 2 is 1.87 bits per heavy atom. The Bertz CT molecular complexity index is 1120. The fourth-order valence-electron chi connectivity index (χ4n) is 2.20. The molecule has 0 aliphatic rings. The predicted molar refractivity (Wildman–Crippen MR) is 106 cm³/mol. The van der Waals surface area contributed by atoms with Gasteiger partial charge in [0.05, 0.1) is 4.90 Å². The van der Waals surface area contributed by atoms with Crippen molar-refractivity contribution in [3.8, 4) is 0 Å². The number of anilines is 1.